The Labute approximate surface area is 211 Å². The summed E-state index contributed by atoms with van der Waals surface area (Å²) in [5.74, 6) is 0.727. The Morgan fingerprint density at radius 3 is 2.66 bits per heavy atom. The van der Waals surface area contributed by atoms with E-state index >= 15 is 0 Å². The number of benzene rings is 2. The molecular formula is C25H24ClN7OS. The maximum absolute atomic E-state index is 12.2. The number of aromatic nitrogens is 3. The lowest BCUT2D eigenvalue weighted by atomic mass is 10.1. The summed E-state index contributed by atoms with van der Waals surface area (Å²) in [5, 5.41) is 7.55. The predicted molar refractivity (Wildman–Crippen MR) is 144 cm³/mol. The molecule has 0 saturated heterocycles. The number of rotatable bonds is 6. The molecule has 2 aromatic heterocycles. The minimum atomic E-state index is -0.834. The molecule has 0 fully saturated rings. The zero-order valence-corrected chi connectivity index (χ0v) is 20.6. The average Bonchev–Trinajstić information content (AvgIpc) is 3.56. The molecule has 2 aromatic carbocycles. The number of primary amides is 1. The van der Waals surface area contributed by atoms with Crippen LogP contribution in [-0.4, -0.2) is 36.1 Å². The summed E-state index contributed by atoms with van der Waals surface area (Å²) in [4.78, 5) is 20.7. The average molecular weight is 506 g/mol. The van der Waals surface area contributed by atoms with Gasteiger partial charge in [0.25, 0.3) is 5.24 Å². The second-order valence-corrected chi connectivity index (χ2v) is 10.1. The molecule has 178 valence electrons. The number of amides is 1. The van der Waals surface area contributed by atoms with E-state index in [1.165, 1.54) is 0 Å². The molecular weight excluding hydrogens is 482 g/mol. The van der Waals surface area contributed by atoms with E-state index < -0.39 is 10.7 Å². The molecule has 1 amide bonds. The first-order valence-electron chi connectivity index (χ1n) is 11.0. The van der Waals surface area contributed by atoms with E-state index in [4.69, 9.17) is 17.3 Å². The van der Waals surface area contributed by atoms with Crippen LogP contribution in [0.3, 0.4) is 0 Å². The van der Waals surface area contributed by atoms with Gasteiger partial charge >= 0.3 is 0 Å². The van der Waals surface area contributed by atoms with Crippen molar-refractivity contribution in [2.45, 2.75) is 13.3 Å². The van der Waals surface area contributed by atoms with Gasteiger partial charge in [-0.05, 0) is 77.4 Å². The van der Waals surface area contributed by atoms with Gasteiger partial charge in [-0.1, -0.05) is 23.7 Å². The SMILES string of the molecule is Cc1cccc(Cl)c1N(c1ccc(Nc2ccc(-n3ccnc3)cn2)cc1)N1CCC=S1C(N)=O. The van der Waals surface area contributed by atoms with E-state index in [1.807, 2.05) is 87.1 Å². The monoisotopic (exact) mass is 505 g/mol. The van der Waals surface area contributed by atoms with Crippen molar-refractivity contribution in [3.8, 4) is 5.69 Å². The Morgan fingerprint density at radius 1 is 1.17 bits per heavy atom. The molecule has 35 heavy (non-hydrogen) atoms. The third-order valence-corrected chi connectivity index (χ3v) is 7.66. The topological polar surface area (TPSA) is 92.3 Å². The molecule has 1 unspecified atom stereocenters. The van der Waals surface area contributed by atoms with Gasteiger partial charge in [-0.3, -0.25) is 9.80 Å². The smallest absolute Gasteiger partial charge is 0.286 e. The molecule has 4 aromatic rings. The fraction of sp³-hybridized carbons (Fsp3) is 0.120. The van der Waals surface area contributed by atoms with E-state index in [2.05, 4.69) is 15.3 Å². The van der Waals surface area contributed by atoms with E-state index in [1.54, 1.807) is 18.7 Å². The molecule has 1 aliphatic rings. The normalized spacial score (nSPS) is 15.5. The van der Waals surface area contributed by atoms with Crippen molar-refractivity contribution in [3.63, 3.8) is 0 Å². The highest BCUT2D eigenvalue weighted by atomic mass is 35.5. The Bertz CT molecular complexity index is 1350. The lowest BCUT2D eigenvalue weighted by molar-refractivity contribution is 0.266. The molecule has 0 saturated carbocycles. The number of aryl methyl sites for hydroxylation is 1. The molecule has 5 rings (SSSR count). The molecule has 0 spiro atoms. The van der Waals surface area contributed by atoms with Crippen molar-refractivity contribution in [1.29, 1.82) is 0 Å². The van der Waals surface area contributed by atoms with Gasteiger partial charge in [0.2, 0.25) is 0 Å². The summed E-state index contributed by atoms with van der Waals surface area (Å²) in [5.41, 5.74) is 10.3. The minimum Gasteiger partial charge on any atom is -0.360 e. The number of imidazole rings is 1. The highest BCUT2D eigenvalue weighted by Crippen LogP contribution is 2.41. The molecule has 1 aliphatic heterocycles. The van der Waals surface area contributed by atoms with E-state index in [-0.39, 0.29) is 5.24 Å². The van der Waals surface area contributed by atoms with Crippen molar-refractivity contribution in [1.82, 2.24) is 18.9 Å². The number of nitrogens with one attached hydrogen (secondary N) is 1. The van der Waals surface area contributed by atoms with Gasteiger partial charge in [-0.2, -0.15) is 4.41 Å². The van der Waals surface area contributed by atoms with Crippen LogP contribution in [0.1, 0.15) is 12.0 Å². The maximum Gasteiger partial charge on any atom is 0.286 e. The summed E-state index contributed by atoms with van der Waals surface area (Å²) < 4.78 is 3.89. The first kappa shape index (κ1) is 23.1. The highest BCUT2D eigenvalue weighted by Gasteiger charge is 2.29. The van der Waals surface area contributed by atoms with Crippen LogP contribution in [0.4, 0.5) is 27.7 Å². The van der Waals surface area contributed by atoms with Crippen LogP contribution in [0, 0.1) is 6.92 Å². The number of pyridine rings is 1. The lowest BCUT2D eigenvalue weighted by Gasteiger charge is -2.36. The van der Waals surface area contributed by atoms with Gasteiger partial charge in [-0.25, -0.2) is 9.97 Å². The van der Waals surface area contributed by atoms with E-state index in [0.29, 0.717) is 11.6 Å². The summed E-state index contributed by atoms with van der Waals surface area (Å²) in [6.45, 7) is 2.68. The van der Waals surface area contributed by atoms with Crippen LogP contribution in [-0.2, 0) is 0 Å². The van der Waals surface area contributed by atoms with Crippen LogP contribution < -0.4 is 16.1 Å². The molecule has 3 heterocycles. The number of carbonyl (C=O) groups excluding carboxylic acids is 1. The van der Waals surface area contributed by atoms with Crippen molar-refractivity contribution in [2.75, 3.05) is 16.9 Å². The number of nitrogens with zero attached hydrogens (tertiary/aromatic N) is 5. The quantitative estimate of drug-likeness (QED) is 0.322. The van der Waals surface area contributed by atoms with Crippen molar-refractivity contribution in [2.24, 2.45) is 5.73 Å². The van der Waals surface area contributed by atoms with Gasteiger partial charge in [0.15, 0.2) is 0 Å². The molecule has 1 atom stereocenters. The number of hydrogen-bond donors (Lipinski definition) is 2. The van der Waals surface area contributed by atoms with E-state index in [0.717, 1.165) is 40.6 Å². The van der Waals surface area contributed by atoms with Crippen LogP contribution >= 0.6 is 22.3 Å². The Balaban J connectivity index is 1.43. The largest absolute Gasteiger partial charge is 0.360 e. The number of nitrogens with two attached hydrogens (primary N) is 1. The van der Waals surface area contributed by atoms with Crippen molar-refractivity contribution >= 4 is 55.8 Å². The Kier molecular flexibility index (Phi) is 6.54. The summed E-state index contributed by atoms with van der Waals surface area (Å²) in [6.07, 6.45) is 7.89. The zero-order valence-electron chi connectivity index (χ0n) is 19.0. The van der Waals surface area contributed by atoms with Gasteiger partial charge in [-0.15, -0.1) is 0 Å². The van der Waals surface area contributed by atoms with Crippen LogP contribution in [0.5, 0.6) is 0 Å². The molecule has 0 radical (unpaired) electrons. The van der Waals surface area contributed by atoms with Crippen LogP contribution in [0.25, 0.3) is 5.69 Å². The number of halogens is 1. The maximum atomic E-state index is 12.2. The lowest BCUT2D eigenvalue weighted by Crippen LogP contribution is -2.36. The first-order valence-corrected chi connectivity index (χ1v) is 12.6. The number of carbonyl (C=O) groups is 1. The number of anilines is 4. The second-order valence-electron chi connectivity index (χ2n) is 7.93. The zero-order chi connectivity index (χ0) is 24.4. The number of para-hydroxylation sites is 1. The highest BCUT2D eigenvalue weighted by molar-refractivity contribution is 8.25. The number of hydrogen-bond acceptors (Lipinski definition) is 6. The summed E-state index contributed by atoms with van der Waals surface area (Å²) in [7, 11) is -0.834. The molecule has 10 heteroatoms. The fourth-order valence-corrected chi connectivity index (χ4v) is 5.78. The summed E-state index contributed by atoms with van der Waals surface area (Å²) >= 11 is 6.65. The number of hydrazine groups is 1. The van der Waals surface area contributed by atoms with Gasteiger partial charge in [0.1, 0.15) is 5.82 Å². The Morgan fingerprint density at radius 2 is 2.00 bits per heavy atom. The third-order valence-electron chi connectivity index (χ3n) is 5.59. The van der Waals surface area contributed by atoms with Crippen molar-refractivity contribution in [3.05, 3.63) is 90.1 Å². The van der Waals surface area contributed by atoms with Crippen LogP contribution in [0.15, 0.2) is 79.5 Å². The standard InChI is InChI=1S/C25H24ClN7OS/c1-18-4-2-5-22(26)24(18)33(32-13-3-15-35(32)25(27)34)20-8-6-19(7-9-20)30-23-11-10-21(16-29-23)31-14-12-28-17-31/h2,4-12,14-17H,3,13H2,1H3,(H2,27,34)(H,29,30). The van der Waals surface area contributed by atoms with Crippen LogP contribution in [0.2, 0.25) is 5.02 Å². The summed E-state index contributed by atoms with van der Waals surface area (Å²) in [6, 6.07) is 17.6. The predicted octanol–water partition coefficient (Wildman–Crippen LogP) is 5.80. The van der Waals surface area contributed by atoms with Crippen molar-refractivity contribution < 1.29 is 4.79 Å². The fourth-order valence-electron chi connectivity index (χ4n) is 3.95. The van der Waals surface area contributed by atoms with Gasteiger partial charge in [0, 0.05) is 24.6 Å². The van der Waals surface area contributed by atoms with Gasteiger partial charge in [0.05, 0.1) is 34.6 Å². The third kappa shape index (κ3) is 4.79. The minimum absolute atomic E-state index is 0.360. The second kappa shape index (κ2) is 9.91. The van der Waals surface area contributed by atoms with E-state index in [9.17, 15) is 4.79 Å². The van der Waals surface area contributed by atoms with Gasteiger partial charge < -0.3 is 15.6 Å². The molecule has 3 N–H and O–H groups in total. The Hall–Kier alpha value is -3.66. The first-order chi connectivity index (χ1) is 17.0. The molecule has 8 nitrogen and oxygen atoms in total. The molecule has 0 bridgehead atoms. The molecule has 0 aliphatic carbocycles.